The predicted molar refractivity (Wildman–Crippen MR) is 63.4 cm³/mol. The lowest BCUT2D eigenvalue weighted by atomic mass is 10.3. The van der Waals surface area contributed by atoms with E-state index in [1.54, 1.807) is 36.7 Å². The van der Waals surface area contributed by atoms with Crippen molar-refractivity contribution in [3.05, 3.63) is 52.1 Å². The van der Waals surface area contributed by atoms with E-state index in [1.807, 2.05) is 22.6 Å². The van der Waals surface area contributed by atoms with Crippen LogP contribution in [0.15, 0.2) is 42.7 Å². The van der Waals surface area contributed by atoms with Gasteiger partial charge in [0.25, 0.3) is 0 Å². The minimum Gasteiger partial charge on any atom is -0.456 e. The molecule has 1 aromatic carbocycles. The zero-order valence-electron chi connectivity index (χ0n) is 7.65. The summed E-state index contributed by atoms with van der Waals surface area (Å²) in [7, 11) is 0. The molecule has 76 valence electrons. The quantitative estimate of drug-likeness (QED) is 0.790. The normalized spacial score (nSPS) is 10.0. The topological polar surface area (TPSA) is 22.1 Å². The molecule has 0 amide bonds. The second-order valence-corrected chi connectivity index (χ2v) is 4.03. The van der Waals surface area contributed by atoms with E-state index in [0.717, 1.165) is 0 Å². The summed E-state index contributed by atoms with van der Waals surface area (Å²) in [5.74, 6) is 0.788. The first-order chi connectivity index (χ1) is 7.25. The molecule has 2 aromatic rings. The fourth-order valence-corrected chi connectivity index (χ4v) is 1.42. The van der Waals surface area contributed by atoms with Gasteiger partial charge < -0.3 is 4.74 Å². The van der Waals surface area contributed by atoms with Crippen LogP contribution in [0.2, 0.25) is 0 Å². The number of aromatic nitrogens is 1. The van der Waals surface area contributed by atoms with Gasteiger partial charge in [-0.2, -0.15) is 0 Å². The highest BCUT2D eigenvalue weighted by molar-refractivity contribution is 14.1. The first-order valence-corrected chi connectivity index (χ1v) is 5.36. The van der Waals surface area contributed by atoms with E-state index >= 15 is 0 Å². The van der Waals surface area contributed by atoms with Gasteiger partial charge in [0.1, 0.15) is 17.3 Å². The van der Waals surface area contributed by atoms with Crippen molar-refractivity contribution in [1.29, 1.82) is 0 Å². The molecule has 1 heterocycles. The van der Waals surface area contributed by atoms with Crippen molar-refractivity contribution in [3.63, 3.8) is 0 Å². The van der Waals surface area contributed by atoms with Crippen LogP contribution in [0.3, 0.4) is 0 Å². The minimum absolute atomic E-state index is 0.281. The summed E-state index contributed by atoms with van der Waals surface area (Å²) in [5, 5.41) is 0. The number of hydrogen-bond acceptors (Lipinski definition) is 2. The van der Waals surface area contributed by atoms with Gasteiger partial charge in [0.15, 0.2) is 0 Å². The minimum atomic E-state index is -0.281. The Morgan fingerprint density at radius 1 is 1.20 bits per heavy atom. The van der Waals surface area contributed by atoms with Gasteiger partial charge >= 0.3 is 0 Å². The van der Waals surface area contributed by atoms with E-state index in [9.17, 15) is 4.39 Å². The zero-order valence-corrected chi connectivity index (χ0v) is 9.81. The third kappa shape index (κ3) is 2.65. The molecule has 2 nitrogen and oxygen atoms in total. The van der Waals surface area contributed by atoms with Crippen molar-refractivity contribution < 1.29 is 9.13 Å². The molecule has 0 aliphatic heterocycles. The number of rotatable bonds is 2. The number of ether oxygens (including phenoxy) is 1. The number of halogens is 2. The van der Waals surface area contributed by atoms with E-state index in [0.29, 0.717) is 15.1 Å². The lowest BCUT2D eigenvalue weighted by Gasteiger charge is -2.05. The van der Waals surface area contributed by atoms with Crippen LogP contribution < -0.4 is 4.74 Å². The molecule has 0 unspecified atom stereocenters. The van der Waals surface area contributed by atoms with E-state index in [2.05, 4.69) is 4.98 Å². The van der Waals surface area contributed by atoms with Gasteiger partial charge in [-0.1, -0.05) is 0 Å². The Kier molecular flexibility index (Phi) is 3.15. The van der Waals surface area contributed by atoms with Crippen LogP contribution in [0.4, 0.5) is 4.39 Å². The molecule has 0 saturated heterocycles. The number of nitrogens with zero attached hydrogens (tertiary/aromatic N) is 1. The van der Waals surface area contributed by atoms with Gasteiger partial charge in [-0.25, -0.2) is 4.39 Å². The number of pyridine rings is 1. The molecule has 1 aromatic heterocycles. The van der Waals surface area contributed by atoms with Crippen molar-refractivity contribution in [3.8, 4) is 11.5 Å². The third-order valence-electron chi connectivity index (χ3n) is 1.76. The monoisotopic (exact) mass is 315 g/mol. The fraction of sp³-hybridized carbons (Fsp3) is 0. The summed E-state index contributed by atoms with van der Waals surface area (Å²) < 4.78 is 19.2. The summed E-state index contributed by atoms with van der Waals surface area (Å²) in [6, 6.07) is 8.27. The highest BCUT2D eigenvalue weighted by Gasteiger charge is 2.02. The zero-order chi connectivity index (χ0) is 10.7. The summed E-state index contributed by atoms with van der Waals surface area (Å²) in [6.45, 7) is 0. The Hall–Kier alpha value is -1.17. The molecule has 0 aliphatic rings. The van der Waals surface area contributed by atoms with E-state index in [-0.39, 0.29) is 5.82 Å². The Balaban J connectivity index is 2.22. The molecule has 0 aliphatic carbocycles. The molecule has 0 atom stereocenters. The molecule has 0 N–H and O–H groups in total. The summed E-state index contributed by atoms with van der Waals surface area (Å²) in [6.07, 6.45) is 3.23. The maximum Gasteiger partial charge on any atom is 0.145 e. The molecule has 2 rings (SSSR count). The molecular formula is C11H7FINO. The van der Waals surface area contributed by atoms with Gasteiger partial charge in [0.05, 0.1) is 6.20 Å². The molecule has 4 heteroatoms. The molecule has 0 spiro atoms. The smallest absolute Gasteiger partial charge is 0.145 e. The van der Waals surface area contributed by atoms with Crippen LogP contribution in [-0.2, 0) is 0 Å². The lowest BCUT2D eigenvalue weighted by Crippen LogP contribution is -1.87. The van der Waals surface area contributed by atoms with Crippen LogP contribution in [0.1, 0.15) is 0 Å². The summed E-state index contributed by atoms with van der Waals surface area (Å²) in [4.78, 5) is 3.90. The first kappa shape index (κ1) is 10.4. The molecular weight excluding hydrogens is 308 g/mol. The van der Waals surface area contributed by atoms with E-state index < -0.39 is 0 Å². The Morgan fingerprint density at radius 3 is 2.73 bits per heavy atom. The van der Waals surface area contributed by atoms with Crippen molar-refractivity contribution in [2.75, 3.05) is 0 Å². The maximum absolute atomic E-state index is 13.2. The first-order valence-electron chi connectivity index (χ1n) is 4.28. The second kappa shape index (κ2) is 4.57. The van der Waals surface area contributed by atoms with Crippen LogP contribution in [0.25, 0.3) is 0 Å². The van der Waals surface area contributed by atoms with Gasteiger partial charge in [-0.05, 0) is 46.9 Å². The van der Waals surface area contributed by atoms with Crippen LogP contribution in [0.5, 0.6) is 11.5 Å². The summed E-state index contributed by atoms with van der Waals surface area (Å²) in [5.41, 5.74) is 0. The second-order valence-electron chi connectivity index (χ2n) is 2.87. The standard InChI is InChI=1S/C11H7FINO/c12-10-6-8(3-4-11(10)13)15-9-2-1-5-14-7-9/h1-7H. The van der Waals surface area contributed by atoms with Gasteiger partial charge in [-0.15, -0.1) is 0 Å². The van der Waals surface area contributed by atoms with E-state index in [1.165, 1.54) is 6.07 Å². The maximum atomic E-state index is 13.2. The lowest BCUT2D eigenvalue weighted by molar-refractivity contribution is 0.474. The molecule has 0 saturated carbocycles. The molecule has 15 heavy (non-hydrogen) atoms. The van der Waals surface area contributed by atoms with Crippen LogP contribution >= 0.6 is 22.6 Å². The highest BCUT2D eigenvalue weighted by Crippen LogP contribution is 2.23. The van der Waals surface area contributed by atoms with Crippen LogP contribution in [0, 0.1) is 9.39 Å². The Morgan fingerprint density at radius 2 is 2.07 bits per heavy atom. The average Bonchev–Trinajstić information content (AvgIpc) is 2.25. The van der Waals surface area contributed by atoms with Crippen molar-refractivity contribution in [1.82, 2.24) is 4.98 Å². The SMILES string of the molecule is Fc1cc(Oc2cccnc2)ccc1I. The van der Waals surface area contributed by atoms with Crippen LogP contribution in [-0.4, -0.2) is 4.98 Å². The van der Waals surface area contributed by atoms with Gasteiger partial charge in [0.2, 0.25) is 0 Å². The average molecular weight is 315 g/mol. The highest BCUT2D eigenvalue weighted by atomic mass is 127. The number of benzene rings is 1. The molecule has 0 bridgehead atoms. The predicted octanol–water partition coefficient (Wildman–Crippen LogP) is 3.62. The molecule has 0 radical (unpaired) electrons. The number of hydrogen-bond donors (Lipinski definition) is 0. The Bertz CT molecular complexity index is 461. The van der Waals surface area contributed by atoms with E-state index in [4.69, 9.17) is 4.74 Å². The summed E-state index contributed by atoms with van der Waals surface area (Å²) >= 11 is 1.93. The van der Waals surface area contributed by atoms with Crippen molar-refractivity contribution in [2.24, 2.45) is 0 Å². The van der Waals surface area contributed by atoms with Gasteiger partial charge in [-0.3, -0.25) is 4.98 Å². The molecule has 0 fully saturated rings. The van der Waals surface area contributed by atoms with Gasteiger partial charge in [0, 0.05) is 15.8 Å². The fourth-order valence-electron chi connectivity index (χ4n) is 1.08. The third-order valence-corrected chi connectivity index (χ3v) is 2.64. The van der Waals surface area contributed by atoms with Crippen molar-refractivity contribution >= 4 is 22.6 Å². The van der Waals surface area contributed by atoms with Crippen molar-refractivity contribution in [2.45, 2.75) is 0 Å². The Labute approximate surface area is 100 Å². The largest absolute Gasteiger partial charge is 0.456 e.